The van der Waals surface area contributed by atoms with Crippen LogP contribution < -0.4 is 0 Å². The van der Waals surface area contributed by atoms with E-state index in [1.165, 1.54) is 76.2 Å². The highest BCUT2D eigenvalue weighted by Gasteiger charge is 1.80. The molecule has 19 heavy (non-hydrogen) atoms. The van der Waals surface area contributed by atoms with Gasteiger partial charge in [-0.05, 0) is 13.3 Å². The lowest BCUT2D eigenvalue weighted by molar-refractivity contribution is 0.656. The molecule has 0 saturated carbocycles. The minimum atomic E-state index is 1.18. The fraction of sp³-hybridized carbons (Fsp3) is 0.895. The molecular formula is C19H42. The summed E-state index contributed by atoms with van der Waals surface area (Å²) < 4.78 is 0. The third kappa shape index (κ3) is 46.3. The quantitative estimate of drug-likeness (QED) is 0.295. The van der Waals surface area contributed by atoms with E-state index in [1.807, 2.05) is 0 Å². The molecule has 0 aromatic carbocycles. The first kappa shape index (κ1) is 23.8. The summed E-state index contributed by atoms with van der Waals surface area (Å²) in [6, 6.07) is 0. The zero-order chi connectivity index (χ0) is 15.4. The Balaban J connectivity index is -0.000000203. The molecule has 0 aliphatic heterocycles. The van der Waals surface area contributed by atoms with Gasteiger partial charge in [0.15, 0.2) is 0 Å². The van der Waals surface area contributed by atoms with Crippen LogP contribution in [0.3, 0.4) is 0 Å². The van der Waals surface area contributed by atoms with Crippen molar-refractivity contribution in [1.29, 1.82) is 0 Å². The van der Waals surface area contributed by atoms with E-state index in [4.69, 9.17) is 0 Å². The van der Waals surface area contributed by atoms with Crippen LogP contribution in [0.2, 0.25) is 0 Å². The van der Waals surface area contributed by atoms with Crippen LogP contribution in [0.4, 0.5) is 0 Å². The second kappa shape index (κ2) is 26.3. The molecule has 0 aliphatic carbocycles. The molecule has 0 amide bonds. The summed E-state index contributed by atoms with van der Waals surface area (Å²) in [5.41, 5.74) is 1.29. The van der Waals surface area contributed by atoms with Gasteiger partial charge in [0.1, 0.15) is 0 Å². The van der Waals surface area contributed by atoms with E-state index in [9.17, 15) is 0 Å². The number of rotatable bonds is 9. The van der Waals surface area contributed by atoms with Crippen LogP contribution in [0.25, 0.3) is 0 Å². The van der Waals surface area contributed by atoms with Crippen LogP contribution in [0.5, 0.6) is 0 Å². The Kier molecular flexibility index (Phi) is 33.0. The minimum Gasteiger partial charge on any atom is -0.100 e. The highest BCUT2D eigenvalue weighted by molar-refractivity contribution is 4.86. The zero-order valence-corrected chi connectivity index (χ0v) is 15.0. The third-order valence-corrected chi connectivity index (χ3v) is 2.84. The monoisotopic (exact) mass is 270 g/mol. The molecule has 0 saturated heterocycles. The van der Waals surface area contributed by atoms with Gasteiger partial charge in [-0.25, -0.2) is 0 Å². The maximum Gasteiger partial charge on any atom is -0.0328 e. The standard InChI is InChI=1S/C7H16.C6H12.C6H14/c1-3-5-7-6-4-2;1-4-5-6(2)3;1-3-5-6-4-2/h3-7H2,1-2H3;2,4-5H2,1,3H3;3-6H2,1-2H3. The predicted octanol–water partition coefficient (Wildman–Crippen LogP) is 7.93. The number of hydrogen-bond acceptors (Lipinski definition) is 0. The van der Waals surface area contributed by atoms with Crippen LogP contribution in [0.1, 0.15) is 112 Å². The maximum absolute atomic E-state index is 3.74. The molecule has 0 atom stereocenters. The summed E-state index contributed by atoms with van der Waals surface area (Å²) in [5.74, 6) is 0. The van der Waals surface area contributed by atoms with E-state index in [0.717, 1.165) is 0 Å². The first-order valence-corrected chi connectivity index (χ1v) is 8.74. The van der Waals surface area contributed by atoms with E-state index >= 15 is 0 Å². The molecule has 0 aliphatic rings. The van der Waals surface area contributed by atoms with Gasteiger partial charge in [0.25, 0.3) is 0 Å². The molecule has 0 N–H and O–H groups in total. The molecule has 0 heteroatoms. The Morgan fingerprint density at radius 1 is 0.579 bits per heavy atom. The van der Waals surface area contributed by atoms with Crippen molar-refractivity contribution in [2.45, 2.75) is 112 Å². The second-order valence-corrected chi connectivity index (χ2v) is 5.47. The highest BCUT2D eigenvalue weighted by atomic mass is 13.9. The molecule has 0 nitrogen and oxygen atoms in total. The van der Waals surface area contributed by atoms with Crippen molar-refractivity contribution in [3.8, 4) is 0 Å². The molecule has 0 fully saturated rings. The Morgan fingerprint density at radius 2 is 0.895 bits per heavy atom. The lowest BCUT2D eigenvalue weighted by Crippen LogP contribution is -1.70. The SMILES string of the molecule is C=C(C)CCC.CCCCCC.CCCCCCC. The second-order valence-electron chi connectivity index (χ2n) is 5.47. The van der Waals surface area contributed by atoms with Gasteiger partial charge in [-0.3, -0.25) is 0 Å². The molecule has 0 aromatic rings. The number of allylic oxidation sites excluding steroid dienone is 1. The van der Waals surface area contributed by atoms with Crippen molar-refractivity contribution in [3.05, 3.63) is 12.2 Å². The first-order valence-electron chi connectivity index (χ1n) is 8.74. The smallest absolute Gasteiger partial charge is 0.0328 e. The van der Waals surface area contributed by atoms with Crippen molar-refractivity contribution < 1.29 is 0 Å². The maximum atomic E-state index is 3.74. The number of unbranched alkanes of at least 4 members (excludes halogenated alkanes) is 7. The van der Waals surface area contributed by atoms with E-state index in [2.05, 4.69) is 48.1 Å². The van der Waals surface area contributed by atoms with E-state index in [0.29, 0.717) is 0 Å². The third-order valence-electron chi connectivity index (χ3n) is 2.84. The molecule has 0 unspecified atom stereocenters. The van der Waals surface area contributed by atoms with Crippen molar-refractivity contribution in [3.63, 3.8) is 0 Å². The summed E-state index contributed by atoms with van der Waals surface area (Å²) in [5, 5.41) is 0. The number of hydrogen-bond donors (Lipinski definition) is 0. The van der Waals surface area contributed by atoms with Gasteiger partial charge in [-0.15, -0.1) is 6.58 Å². The predicted molar refractivity (Wildman–Crippen MR) is 94.0 cm³/mol. The minimum absolute atomic E-state index is 1.18. The van der Waals surface area contributed by atoms with Crippen molar-refractivity contribution in [2.24, 2.45) is 0 Å². The van der Waals surface area contributed by atoms with E-state index in [-0.39, 0.29) is 0 Å². The van der Waals surface area contributed by atoms with Gasteiger partial charge >= 0.3 is 0 Å². The van der Waals surface area contributed by atoms with Gasteiger partial charge in [0, 0.05) is 0 Å². The molecule has 0 heterocycles. The Morgan fingerprint density at radius 3 is 1.05 bits per heavy atom. The molecule has 0 bridgehead atoms. The molecule has 118 valence electrons. The van der Waals surface area contributed by atoms with Crippen LogP contribution in [-0.2, 0) is 0 Å². The summed E-state index contributed by atoms with van der Waals surface area (Å²) in [7, 11) is 0. The van der Waals surface area contributed by atoms with Crippen LogP contribution >= 0.6 is 0 Å². The Hall–Kier alpha value is -0.260. The summed E-state index contributed by atoms with van der Waals surface area (Å²) >= 11 is 0. The van der Waals surface area contributed by atoms with E-state index < -0.39 is 0 Å². The molecule has 0 spiro atoms. The first-order chi connectivity index (χ1) is 9.10. The average molecular weight is 271 g/mol. The molecule has 0 aromatic heterocycles. The van der Waals surface area contributed by atoms with Gasteiger partial charge in [-0.1, -0.05) is 104 Å². The van der Waals surface area contributed by atoms with Gasteiger partial charge in [0.05, 0.1) is 0 Å². The summed E-state index contributed by atoms with van der Waals surface area (Å²) in [6.07, 6.45) is 15.0. The fourth-order valence-corrected chi connectivity index (χ4v) is 1.60. The van der Waals surface area contributed by atoms with Crippen LogP contribution in [0.15, 0.2) is 12.2 Å². The lowest BCUT2D eigenvalue weighted by atomic mass is 10.2. The largest absolute Gasteiger partial charge is 0.100 e. The van der Waals surface area contributed by atoms with Crippen molar-refractivity contribution in [2.75, 3.05) is 0 Å². The summed E-state index contributed by atoms with van der Waals surface area (Å²) in [6.45, 7) is 16.9. The Bertz CT molecular complexity index is 127. The van der Waals surface area contributed by atoms with Gasteiger partial charge in [-0.2, -0.15) is 0 Å². The van der Waals surface area contributed by atoms with Crippen LogP contribution in [-0.4, -0.2) is 0 Å². The summed E-state index contributed by atoms with van der Waals surface area (Å²) in [4.78, 5) is 0. The molecule has 0 rings (SSSR count). The topological polar surface area (TPSA) is 0 Å². The van der Waals surface area contributed by atoms with Crippen molar-refractivity contribution >= 4 is 0 Å². The van der Waals surface area contributed by atoms with Crippen molar-refractivity contribution in [1.82, 2.24) is 0 Å². The average Bonchev–Trinajstić information content (AvgIpc) is 2.38. The van der Waals surface area contributed by atoms with Crippen LogP contribution in [0, 0.1) is 0 Å². The zero-order valence-electron chi connectivity index (χ0n) is 15.0. The fourth-order valence-electron chi connectivity index (χ4n) is 1.60. The molecule has 0 radical (unpaired) electrons. The van der Waals surface area contributed by atoms with Gasteiger partial charge < -0.3 is 0 Å². The van der Waals surface area contributed by atoms with Gasteiger partial charge in [0.2, 0.25) is 0 Å². The molecular weight excluding hydrogens is 228 g/mol. The van der Waals surface area contributed by atoms with E-state index in [1.54, 1.807) is 0 Å². The highest BCUT2D eigenvalue weighted by Crippen LogP contribution is 2.00. The normalized spacial score (nSPS) is 8.95. The lowest BCUT2D eigenvalue weighted by Gasteiger charge is -1.90. The Labute approximate surface area is 125 Å².